The standard InChI is InChI=1S/C14H20N2O4S/c1-10(9-15-11-2-3-11)21(17,18)16-12-4-5-13-14(8-12)20-7-6-19-13/h4-5,8,10-11,15-16H,2-3,6-7,9H2,1H3. The lowest BCUT2D eigenvalue weighted by molar-refractivity contribution is 0.171. The highest BCUT2D eigenvalue weighted by molar-refractivity contribution is 7.93. The Morgan fingerprint density at radius 3 is 2.67 bits per heavy atom. The van der Waals surface area contributed by atoms with Gasteiger partial charge in [0.1, 0.15) is 13.2 Å². The molecule has 7 heteroatoms. The zero-order valence-electron chi connectivity index (χ0n) is 12.0. The Hall–Kier alpha value is -1.47. The molecular formula is C14H20N2O4S. The Morgan fingerprint density at radius 1 is 1.24 bits per heavy atom. The van der Waals surface area contributed by atoms with Gasteiger partial charge in [0.2, 0.25) is 10.0 Å². The van der Waals surface area contributed by atoms with E-state index in [9.17, 15) is 8.42 Å². The lowest BCUT2D eigenvalue weighted by Crippen LogP contribution is -2.35. The van der Waals surface area contributed by atoms with E-state index in [0.717, 1.165) is 12.8 Å². The molecule has 6 nitrogen and oxygen atoms in total. The van der Waals surface area contributed by atoms with Crippen molar-refractivity contribution in [2.45, 2.75) is 31.1 Å². The second-order valence-electron chi connectivity index (χ2n) is 5.50. The molecule has 1 aromatic carbocycles. The Kier molecular flexibility index (Phi) is 3.95. The van der Waals surface area contributed by atoms with E-state index in [-0.39, 0.29) is 0 Å². The Morgan fingerprint density at radius 2 is 1.95 bits per heavy atom. The van der Waals surface area contributed by atoms with E-state index in [4.69, 9.17) is 9.47 Å². The average Bonchev–Trinajstić information content (AvgIpc) is 3.28. The molecule has 1 saturated carbocycles. The third-order valence-electron chi connectivity index (χ3n) is 3.60. The minimum atomic E-state index is -3.42. The summed E-state index contributed by atoms with van der Waals surface area (Å²) < 4.78 is 38.0. The van der Waals surface area contributed by atoms with Crippen LogP contribution in [0.4, 0.5) is 5.69 Å². The summed E-state index contributed by atoms with van der Waals surface area (Å²) in [6, 6.07) is 5.57. The molecule has 0 radical (unpaired) electrons. The molecule has 0 spiro atoms. The molecule has 3 rings (SSSR count). The summed E-state index contributed by atoms with van der Waals surface area (Å²) in [4.78, 5) is 0. The third kappa shape index (κ3) is 3.59. The molecule has 1 heterocycles. The van der Waals surface area contributed by atoms with Gasteiger partial charge in [0.05, 0.1) is 10.9 Å². The molecule has 21 heavy (non-hydrogen) atoms. The van der Waals surface area contributed by atoms with E-state index < -0.39 is 15.3 Å². The van der Waals surface area contributed by atoms with Crippen LogP contribution in [0.1, 0.15) is 19.8 Å². The maximum Gasteiger partial charge on any atom is 0.236 e. The van der Waals surface area contributed by atoms with Crippen molar-refractivity contribution in [1.82, 2.24) is 5.32 Å². The highest BCUT2D eigenvalue weighted by atomic mass is 32.2. The lowest BCUT2D eigenvalue weighted by Gasteiger charge is -2.20. The minimum absolute atomic E-state index is 0.463. The number of benzene rings is 1. The van der Waals surface area contributed by atoms with Crippen molar-refractivity contribution in [3.05, 3.63) is 18.2 Å². The normalized spacial score (nSPS) is 19.1. The summed E-state index contributed by atoms with van der Waals surface area (Å²) in [5.41, 5.74) is 0.498. The van der Waals surface area contributed by atoms with E-state index in [1.165, 1.54) is 0 Å². The molecule has 1 aliphatic carbocycles. The monoisotopic (exact) mass is 312 g/mol. The van der Waals surface area contributed by atoms with E-state index >= 15 is 0 Å². The molecule has 0 amide bonds. The second kappa shape index (κ2) is 5.73. The Labute approximate surface area is 124 Å². The van der Waals surface area contributed by atoms with Gasteiger partial charge in [0.15, 0.2) is 11.5 Å². The van der Waals surface area contributed by atoms with Gasteiger partial charge in [-0.3, -0.25) is 4.72 Å². The van der Waals surface area contributed by atoms with Crippen LogP contribution in [0.25, 0.3) is 0 Å². The molecule has 1 unspecified atom stereocenters. The van der Waals surface area contributed by atoms with Crippen LogP contribution in [0.5, 0.6) is 11.5 Å². The molecule has 0 aromatic heterocycles. The highest BCUT2D eigenvalue weighted by Gasteiger charge is 2.26. The van der Waals surface area contributed by atoms with Gasteiger partial charge in [0, 0.05) is 18.7 Å². The molecule has 2 aliphatic rings. The van der Waals surface area contributed by atoms with Crippen molar-refractivity contribution in [3.8, 4) is 11.5 Å². The third-order valence-corrected chi connectivity index (χ3v) is 5.35. The SMILES string of the molecule is CC(CNC1CC1)S(=O)(=O)Nc1ccc2c(c1)OCCO2. The van der Waals surface area contributed by atoms with Crippen LogP contribution in [-0.4, -0.2) is 39.5 Å². The lowest BCUT2D eigenvalue weighted by atomic mass is 10.3. The topological polar surface area (TPSA) is 76.7 Å². The quantitative estimate of drug-likeness (QED) is 0.829. The van der Waals surface area contributed by atoms with E-state index in [2.05, 4.69) is 10.0 Å². The number of rotatable bonds is 6. The number of nitrogens with one attached hydrogen (secondary N) is 2. The van der Waals surface area contributed by atoms with Gasteiger partial charge in [-0.15, -0.1) is 0 Å². The van der Waals surface area contributed by atoms with Crippen LogP contribution in [0.3, 0.4) is 0 Å². The summed E-state index contributed by atoms with van der Waals surface area (Å²) >= 11 is 0. The molecule has 1 aliphatic heterocycles. The summed E-state index contributed by atoms with van der Waals surface area (Å²) in [5, 5.41) is 2.74. The van der Waals surface area contributed by atoms with Crippen molar-refractivity contribution in [1.29, 1.82) is 0 Å². The van der Waals surface area contributed by atoms with Crippen molar-refractivity contribution < 1.29 is 17.9 Å². The number of hydrogen-bond donors (Lipinski definition) is 2. The summed E-state index contributed by atoms with van der Waals surface area (Å²) in [6.45, 7) is 3.16. The van der Waals surface area contributed by atoms with Crippen LogP contribution in [0, 0.1) is 0 Å². The molecule has 1 fully saturated rings. The van der Waals surface area contributed by atoms with E-state index in [0.29, 0.717) is 43.0 Å². The van der Waals surface area contributed by atoms with Gasteiger partial charge in [-0.2, -0.15) is 0 Å². The first kappa shape index (κ1) is 14.5. The predicted molar refractivity (Wildman–Crippen MR) is 80.5 cm³/mol. The zero-order chi connectivity index (χ0) is 14.9. The number of ether oxygens (including phenoxy) is 2. The van der Waals surface area contributed by atoms with Crippen molar-refractivity contribution in [2.75, 3.05) is 24.5 Å². The van der Waals surface area contributed by atoms with Crippen LogP contribution in [-0.2, 0) is 10.0 Å². The summed E-state index contributed by atoms with van der Waals surface area (Å²) in [5.74, 6) is 1.22. The van der Waals surface area contributed by atoms with Crippen molar-refractivity contribution >= 4 is 15.7 Å². The smallest absolute Gasteiger partial charge is 0.236 e. The van der Waals surface area contributed by atoms with Crippen molar-refractivity contribution in [3.63, 3.8) is 0 Å². The fourth-order valence-electron chi connectivity index (χ4n) is 2.10. The van der Waals surface area contributed by atoms with Crippen LogP contribution in [0.15, 0.2) is 18.2 Å². The fraction of sp³-hybridized carbons (Fsp3) is 0.571. The molecule has 2 N–H and O–H groups in total. The molecule has 0 bridgehead atoms. The minimum Gasteiger partial charge on any atom is -0.486 e. The van der Waals surface area contributed by atoms with Crippen LogP contribution in [0.2, 0.25) is 0 Å². The summed E-state index contributed by atoms with van der Waals surface area (Å²) in [6.07, 6.45) is 2.28. The van der Waals surface area contributed by atoms with E-state index in [1.54, 1.807) is 25.1 Å². The van der Waals surface area contributed by atoms with E-state index in [1.807, 2.05) is 0 Å². The van der Waals surface area contributed by atoms with Gasteiger partial charge in [-0.05, 0) is 31.9 Å². The molecule has 0 saturated heterocycles. The maximum atomic E-state index is 12.3. The first-order chi connectivity index (χ1) is 10.0. The number of sulfonamides is 1. The average molecular weight is 312 g/mol. The molecule has 116 valence electrons. The number of anilines is 1. The fourth-order valence-corrected chi connectivity index (χ4v) is 3.07. The van der Waals surface area contributed by atoms with Crippen LogP contribution >= 0.6 is 0 Å². The zero-order valence-corrected chi connectivity index (χ0v) is 12.8. The predicted octanol–water partition coefficient (Wildman–Crippen LogP) is 1.34. The number of fused-ring (bicyclic) bond motifs is 1. The Bertz CT molecular complexity index is 613. The van der Waals surface area contributed by atoms with Crippen LogP contribution < -0.4 is 19.5 Å². The molecule has 1 atom stereocenters. The second-order valence-corrected chi connectivity index (χ2v) is 7.60. The first-order valence-electron chi connectivity index (χ1n) is 7.19. The largest absolute Gasteiger partial charge is 0.486 e. The Balaban J connectivity index is 1.66. The van der Waals surface area contributed by atoms with Gasteiger partial charge < -0.3 is 14.8 Å². The highest BCUT2D eigenvalue weighted by Crippen LogP contribution is 2.33. The van der Waals surface area contributed by atoms with Gasteiger partial charge in [-0.1, -0.05) is 0 Å². The first-order valence-corrected chi connectivity index (χ1v) is 8.74. The van der Waals surface area contributed by atoms with Gasteiger partial charge in [-0.25, -0.2) is 8.42 Å². The number of hydrogen-bond acceptors (Lipinski definition) is 5. The summed E-state index contributed by atoms with van der Waals surface area (Å²) in [7, 11) is -3.42. The maximum absolute atomic E-state index is 12.3. The molecular weight excluding hydrogens is 292 g/mol. The van der Waals surface area contributed by atoms with Gasteiger partial charge in [0.25, 0.3) is 0 Å². The molecule has 1 aromatic rings. The van der Waals surface area contributed by atoms with Crippen molar-refractivity contribution in [2.24, 2.45) is 0 Å². The van der Waals surface area contributed by atoms with Gasteiger partial charge >= 0.3 is 0 Å².